The average molecular weight is 303 g/mol. The van der Waals surface area contributed by atoms with Gasteiger partial charge in [-0.15, -0.1) is 0 Å². The molecule has 2 aromatic heterocycles. The molecule has 0 saturated heterocycles. The van der Waals surface area contributed by atoms with Crippen LogP contribution in [0.1, 0.15) is 17.4 Å². The molecule has 2 heterocycles. The maximum absolute atomic E-state index is 10.2. The molecule has 0 aliphatic carbocycles. The highest BCUT2D eigenvalue weighted by Gasteiger charge is 2.18. The number of hydrogen-bond acceptors (Lipinski definition) is 3. The van der Waals surface area contributed by atoms with E-state index in [1.165, 1.54) is 0 Å². The van der Waals surface area contributed by atoms with E-state index in [0.29, 0.717) is 16.4 Å². The van der Waals surface area contributed by atoms with Gasteiger partial charge in [0.15, 0.2) is 0 Å². The molecule has 1 atom stereocenters. The zero-order chi connectivity index (χ0) is 11.7. The summed E-state index contributed by atoms with van der Waals surface area (Å²) in [6, 6.07) is 3.38. The SMILES string of the molecule is Cn1ncc(Br)c1C(O)c1ccc(Cl)nc1. The summed E-state index contributed by atoms with van der Waals surface area (Å²) in [5.41, 5.74) is 1.36. The third-order valence-electron chi connectivity index (χ3n) is 2.26. The molecule has 0 radical (unpaired) electrons. The monoisotopic (exact) mass is 301 g/mol. The minimum atomic E-state index is -0.772. The molecule has 0 aliphatic rings. The fourth-order valence-electron chi connectivity index (χ4n) is 1.43. The van der Waals surface area contributed by atoms with E-state index in [1.54, 1.807) is 36.3 Å². The Kier molecular flexibility index (Phi) is 3.28. The third kappa shape index (κ3) is 2.11. The fraction of sp³-hybridized carbons (Fsp3) is 0.200. The molecule has 0 aliphatic heterocycles. The van der Waals surface area contributed by atoms with Crippen LogP contribution in [0.3, 0.4) is 0 Å². The molecular formula is C10H9BrClN3O. The standard InChI is InChI=1S/C10H9BrClN3O/c1-15-9(7(11)5-14-15)10(16)6-2-3-8(12)13-4-6/h2-5,10,16H,1H3. The first kappa shape index (κ1) is 11.6. The molecule has 0 saturated carbocycles. The van der Waals surface area contributed by atoms with Gasteiger partial charge in [0.2, 0.25) is 0 Å². The lowest BCUT2D eigenvalue weighted by Gasteiger charge is -2.11. The summed E-state index contributed by atoms with van der Waals surface area (Å²) >= 11 is 9.02. The van der Waals surface area contributed by atoms with Gasteiger partial charge in [-0.05, 0) is 22.0 Å². The first-order valence-electron chi connectivity index (χ1n) is 4.56. The fourth-order valence-corrected chi connectivity index (χ4v) is 2.11. The smallest absolute Gasteiger partial charge is 0.129 e. The van der Waals surface area contributed by atoms with Crippen LogP contribution in [0.5, 0.6) is 0 Å². The Labute approximate surface area is 106 Å². The Morgan fingerprint density at radius 2 is 2.19 bits per heavy atom. The number of aliphatic hydroxyl groups is 1. The lowest BCUT2D eigenvalue weighted by atomic mass is 10.1. The van der Waals surface area contributed by atoms with Gasteiger partial charge >= 0.3 is 0 Å². The minimum absolute atomic E-state index is 0.403. The van der Waals surface area contributed by atoms with Crippen LogP contribution in [0, 0.1) is 0 Å². The summed E-state index contributed by atoms with van der Waals surface area (Å²) in [4.78, 5) is 3.93. The van der Waals surface area contributed by atoms with E-state index < -0.39 is 6.10 Å². The lowest BCUT2D eigenvalue weighted by Crippen LogP contribution is -2.07. The van der Waals surface area contributed by atoms with Gasteiger partial charge in [0.1, 0.15) is 11.3 Å². The number of pyridine rings is 1. The van der Waals surface area contributed by atoms with E-state index in [2.05, 4.69) is 26.0 Å². The molecule has 6 heteroatoms. The number of aryl methyl sites for hydroxylation is 1. The molecule has 0 spiro atoms. The number of aliphatic hydroxyl groups excluding tert-OH is 1. The summed E-state index contributed by atoms with van der Waals surface area (Å²) in [5.74, 6) is 0. The lowest BCUT2D eigenvalue weighted by molar-refractivity contribution is 0.208. The topological polar surface area (TPSA) is 50.9 Å². The van der Waals surface area contributed by atoms with Crippen LogP contribution in [-0.4, -0.2) is 19.9 Å². The second-order valence-electron chi connectivity index (χ2n) is 3.32. The predicted molar refractivity (Wildman–Crippen MR) is 64.2 cm³/mol. The van der Waals surface area contributed by atoms with Crippen molar-refractivity contribution in [2.24, 2.45) is 7.05 Å². The van der Waals surface area contributed by atoms with E-state index in [4.69, 9.17) is 11.6 Å². The summed E-state index contributed by atoms with van der Waals surface area (Å²) in [6.45, 7) is 0. The van der Waals surface area contributed by atoms with Gasteiger partial charge < -0.3 is 5.11 Å². The van der Waals surface area contributed by atoms with Crippen molar-refractivity contribution in [1.82, 2.24) is 14.8 Å². The van der Waals surface area contributed by atoms with Crippen molar-refractivity contribution >= 4 is 27.5 Å². The van der Waals surface area contributed by atoms with E-state index in [-0.39, 0.29) is 0 Å². The zero-order valence-electron chi connectivity index (χ0n) is 8.43. The third-order valence-corrected chi connectivity index (χ3v) is 3.10. The number of nitrogens with zero attached hydrogens (tertiary/aromatic N) is 3. The van der Waals surface area contributed by atoms with E-state index in [1.807, 2.05) is 0 Å². The molecule has 2 aromatic rings. The largest absolute Gasteiger partial charge is 0.382 e. The molecule has 0 bridgehead atoms. The molecule has 0 aromatic carbocycles. The summed E-state index contributed by atoms with van der Waals surface area (Å²) in [5, 5.41) is 14.6. The predicted octanol–water partition coefficient (Wildman–Crippen LogP) is 2.31. The van der Waals surface area contributed by atoms with Crippen molar-refractivity contribution in [3.8, 4) is 0 Å². The Morgan fingerprint density at radius 1 is 1.44 bits per heavy atom. The Morgan fingerprint density at radius 3 is 2.69 bits per heavy atom. The van der Waals surface area contributed by atoms with Crippen LogP contribution in [0.15, 0.2) is 29.0 Å². The van der Waals surface area contributed by atoms with E-state index in [9.17, 15) is 5.11 Å². The quantitative estimate of drug-likeness (QED) is 0.866. The highest BCUT2D eigenvalue weighted by molar-refractivity contribution is 9.10. The normalized spacial score (nSPS) is 12.8. The molecule has 2 rings (SSSR count). The van der Waals surface area contributed by atoms with E-state index >= 15 is 0 Å². The number of halogens is 2. The molecular weight excluding hydrogens is 293 g/mol. The Bertz CT molecular complexity index is 478. The zero-order valence-corrected chi connectivity index (χ0v) is 10.8. The van der Waals surface area contributed by atoms with Crippen LogP contribution in [0.4, 0.5) is 0 Å². The van der Waals surface area contributed by atoms with Gasteiger partial charge in [-0.2, -0.15) is 5.10 Å². The first-order chi connectivity index (χ1) is 7.59. The van der Waals surface area contributed by atoms with Gasteiger partial charge in [0.25, 0.3) is 0 Å². The molecule has 16 heavy (non-hydrogen) atoms. The summed E-state index contributed by atoms with van der Waals surface area (Å²) < 4.78 is 2.38. The molecule has 0 amide bonds. The summed E-state index contributed by atoms with van der Waals surface area (Å²) in [7, 11) is 1.77. The highest BCUT2D eigenvalue weighted by atomic mass is 79.9. The van der Waals surface area contributed by atoms with Gasteiger partial charge in [-0.25, -0.2) is 4.98 Å². The maximum atomic E-state index is 10.2. The molecule has 1 unspecified atom stereocenters. The maximum Gasteiger partial charge on any atom is 0.129 e. The van der Waals surface area contributed by atoms with Crippen LogP contribution >= 0.6 is 27.5 Å². The van der Waals surface area contributed by atoms with Gasteiger partial charge in [0.05, 0.1) is 16.4 Å². The van der Waals surface area contributed by atoms with Gasteiger partial charge in [-0.3, -0.25) is 4.68 Å². The highest BCUT2D eigenvalue weighted by Crippen LogP contribution is 2.27. The van der Waals surface area contributed by atoms with Crippen molar-refractivity contribution in [3.63, 3.8) is 0 Å². The molecule has 84 valence electrons. The van der Waals surface area contributed by atoms with Crippen molar-refractivity contribution in [2.75, 3.05) is 0 Å². The number of rotatable bonds is 2. The average Bonchev–Trinajstić information content (AvgIpc) is 2.59. The Balaban J connectivity index is 2.39. The first-order valence-corrected chi connectivity index (χ1v) is 5.73. The molecule has 4 nitrogen and oxygen atoms in total. The molecule has 1 N–H and O–H groups in total. The second kappa shape index (κ2) is 4.53. The van der Waals surface area contributed by atoms with Crippen molar-refractivity contribution in [2.45, 2.75) is 6.10 Å². The number of aromatic nitrogens is 3. The van der Waals surface area contributed by atoms with Crippen molar-refractivity contribution < 1.29 is 5.11 Å². The Hall–Kier alpha value is -0.910. The van der Waals surface area contributed by atoms with Gasteiger partial charge in [-0.1, -0.05) is 17.7 Å². The molecule has 0 fully saturated rings. The van der Waals surface area contributed by atoms with Crippen LogP contribution in [0.25, 0.3) is 0 Å². The van der Waals surface area contributed by atoms with E-state index in [0.717, 1.165) is 4.47 Å². The summed E-state index contributed by atoms with van der Waals surface area (Å²) in [6.07, 6.45) is 2.42. The van der Waals surface area contributed by atoms with Gasteiger partial charge in [0, 0.05) is 18.8 Å². The second-order valence-corrected chi connectivity index (χ2v) is 4.56. The van der Waals surface area contributed by atoms with Crippen molar-refractivity contribution in [3.05, 3.63) is 45.4 Å². The minimum Gasteiger partial charge on any atom is -0.382 e. The van der Waals surface area contributed by atoms with Crippen molar-refractivity contribution in [1.29, 1.82) is 0 Å². The number of hydrogen-bond donors (Lipinski definition) is 1. The van der Waals surface area contributed by atoms with Crippen LogP contribution in [-0.2, 0) is 7.05 Å². The van der Waals surface area contributed by atoms with Crippen LogP contribution in [0.2, 0.25) is 5.15 Å². The van der Waals surface area contributed by atoms with Crippen LogP contribution < -0.4 is 0 Å².